The molecule has 1 fully saturated rings. The summed E-state index contributed by atoms with van der Waals surface area (Å²) in [5.41, 5.74) is 8.09. The number of hydrogen-bond donors (Lipinski definition) is 2. The zero-order valence-corrected chi connectivity index (χ0v) is 16.6. The van der Waals surface area contributed by atoms with E-state index in [2.05, 4.69) is 15.3 Å². The lowest BCUT2D eigenvalue weighted by Crippen LogP contribution is -2.10. The number of aromatic nitrogens is 2. The third-order valence-corrected chi connectivity index (χ3v) is 4.95. The second kappa shape index (κ2) is 7.95. The molecule has 4 aromatic rings. The summed E-state index contributed by atoms with van der Waals surface area (Å²) in [5, 5.41) is 3.16. The Bertz CT molecular complexity index is 1230. The molecule has 31 heavy (non-hydrogen) atoms. The van der Waals surface area contributed by atoms with E-state index in [4.69, 9.17) is 14.9 Å². The first-order valence-electron chi connectivity index (χ1n) is 10.0. The summed E-state index contributed by atoms with van der Waals surface area (Å²) in [5.74, 6) is 2.07. The summed E-state index contributed by atoms with van der Waals surface area (Å²) >= 11 is 0. The van der Waals surface area contributed by atoms with Crippen molar-refractivity contribution in [2.45, 2.75) is 18.8 Å². The Kier molecular flexibility index (Phi) is 4.84. The molecule has 7 heteroatoms. The largest absolute Gasteiger partial charge is 0.424 e. The highest BCUT2D eigenvalue weighted by Crippen LogP contribution is 2.44. The average molecular weight is 412 g/mol. The molecular formula is C24H20N4O3. The molecule has 154 valence electrons. The zero-order valence-electron chi connectivity index (χ0n) is 16.6. The van der Waals surface area contributed by atoms with Crippen LogP contribution in [0.2, 0.25) is 0 Å². The molecular weight excluding hydrogens is 392 g/mol. The van der Waals surface area contributed by atoms with Crippen molar-refractivity contribution in [2.75, 3.05) is 5.32 Å². The molecule has 1 saturated carbocycles. The van der Waals surface area contributed by atoms with E-state index in [-0.39, 0.29) is 0 Å². The number of nitrogens with two attached hydrogens (primary N) is 1. The Morgan fingerprint density at radius 1 is 1.06 bits per heavy atom. The van der Waals surface area contributed by atoms with Crippen LogP contribution in [0.15, 0.2) is 77.3 Å². The maximum absolute atomic E-state index is 11.4. The van der Waals surface area contributed by atoms with Crippen molar-refractivity contribution in [1.29, 1.82) is 0 Å². The Morgan fingerprint density at radius 3 is 2.68 bits per heavy atom. The smallest absolute Gasteiger partial charge is 0.319 e. The SMILES string of the molecule is NC(=O)c1cccc(Nc2cc(Oc3oc(C4CC4)nc3-c3ccccc3)ccn2)c1. The van der Waals surface area contributed by atoms with Gasteiger partial charge in [-0.1, -0.05) is 36.4 Å². The molecule has 0 saturated heterocycles. The van der Waals surface area contributed by atoms with Crippen molar-refractivity contribution in [3.63, 3.8) is 0 Å². The van der Waals surface area contributed by atoms with Gasteiger partial charge in [0.25, 0.3) is 0 Å². The molecule has 2 aromatic heterocycles. The van der Waals surface area contributed by atoms with Gasteiger partial charge in [0, 0.05) is 35.0 Å². The number of pyridine rings is 1. The number of oxazole rings is 1. The van der Waals surface area contributed by atoms with Crippen molar-refractivity contribution in [3.05, 3.63) is 84.4 Å². The molecule has 0 unspecified atom stereocenters. The number of nitrogens with one attached hydrogen (secondary N) is 1. The van der Waals surface area contributed by atoms with Crippen LogP contribution < -0.4 is 15.8 Å². The summed E-state index contributed by atoms with van der Waals surface area (Å²) in [6.07, 6.45) is 3.81. The molecule has 2 heterocycles. The molecule has 1 amide bonds. The van der Waals surface area contributed by atoms with E-state index in [0.717, 1.165) is 18.4 Å². The highest BCUT2D eigenvalue weighted by molar-refractivity contribution is 5.93. The number of amides is 1. The van der Waals surface area contributed by atoms with E-state index in [1.807, 2.05) is 36.4 Å². The summed E-state index contributed by atoms with van der Waals surface area (Å²) < 4.78 is 12.1. The maximum Gasteiger partial charge on any atom is 0.319 e. The Morgan fingerprint density at radius 2 is 1.90 bits per heavy atom. The lowest BCUT2D eigenvalue weighted by Gasteiger charge is -2.09. The van der Waals surface area contributed by atoms with E-state index in [9.17, 15) is 4.79 Å². The number of benzene rings is 2. The lowest BCUT2D eigenvalue weighted by atomic mass is 10.2. The fraction of sp³-hybridized carbons (Fsp3) is 0.125. The van der Waals surface area contributed by atoms with Gasteiger partial charge in [-0.3, -0.25) is 4.79 Å². The van der Waals surface area contributed by atoms with Gasteiger partial charge in [-0.15, -0.1) is 0 Å². The van der Waals surface area contributed by atoms with Gasteiger partial charge in [-0.05, 0) is 37.1 Å². The number of carbonyl (C=O) groups excluding carboxylic acids is 1. The van der Waals surface area contributed by atoms with Crippen LogP contribution in [0.25, 0.3) is 11.3 Å². The van der Waals surface area contributed by atoms with Crippen molar-refractivity contribution < 1.29 is 13.9 Å². The minimum atomic E-state index is -0.487. The van der Waals surface area contributed by atoms with Crippen molar-refractivity contribution in [2.24, 2.45) is 5.73 Å². The molecule has 5 rings (SSSR count). The fourth-order valence-corrected chi connectivity index (χ4v) is 3.22. The van der Waals surface area contributed by atoms with Gasteiger partial charge in [0.05, 0.1) is 0 Å². The Hall–Kier alpha value is -4.13. The van der Waals surface area contributed by atoms with Gasteiger partial charge in [-0.2, -0.15) is 0 Å². The molecule has 0 aliphatic heterocycles. The lowest BCUT2D eigenvalue weighted by molar-refractivity contribution is 0.100. The van der Waals surface area contributed by atoms with Crippen LogP contribution in [0.1, 0.15) is 35.0 Å². The first-order chi connectivity index (χ1) is 15.2. The average Bonchev–Trinajstić information content (AvgIpc) is 3.55. The zero-order chi connectivity index (χ0) is 21.2. The Labute approximate surface area is 178 Å². The van der Waals surface area contributed by atoms with E-state index in [0.29, 0.717) is 46.3 Å². The molecule has 2 aromatic carbocycles. The highest BCUT2D eigenvalue weighted by atomic mass is 16.6. The molecule has 3 N–H and O–H groups in total. The van der Waals surface area contributed by atoms with Crippen LogP contribution >= 0.6 is 0 Å². The number of primary amides is 1. The minimum Gasteiger partial charge on any atom is -0.424 e. The fourth-order valence-electron chi connectivity index (χ4n) is 3.22. The number of anilines is 2. The number of nitrogens with zero attached hydrogens (tertiary/aromatic N) is 2. The number of ether oxygens (including phenoxy) is 1. The number of carbonyl (C=O) groups is 1. The van der Waals surface area contributed by atoms with Crippen molar-refractivity contribution >= 4 is 17.4 Å². The molecule has 0 atom stereocenters. The molecule has 1 aliphatic rings. The van der Waals surface area contributed by atoms with Crippen LogP contribution in [-0.2, 0) is 0 Å². The van der Waals surface area contributed by atoms with Crippen LogP contribution in [0, 0.1) is 0 Å². The standard InChI is InChI=1S/C24H20N4O3/c25-22(29)17-7-4-8-18(13-17)27-20-14-19(11-12-26-20)30-24-21(15-5-2-1-3-6-15)28-23(31-24)16-9-10-16/h1-8,11-14,16H,9-10H2,(H2,25,29)(H,26,27). The third-order valence-electron chi connectivity index (χ3n) is 4.95. The second-order valence-corrected chi connectivity index (χ2v) is 7.38. The number of hydrogen-bond acceptors (Lipinski definition) is 6. The van der Waals surface area contributed by atoms with Crippen LogP contribution in [0.5, 0.6) is 11.7 Å². The van der Waals surface area contributed by atoms with E-state index in [1.165, 1.54) is 0 Å². The summed E-state index contributed by atoms with van der Waals surface area (Å²) in [4.78, 5) is 20.4. The summed E-state index contributed by atoms with van der Waals surface area (Å²) in [6, 6.07) is 20.2. The summed E-state index contributed by atoms with van der Waals surface area (Å²) in [7, 11) is 0. The van der Waals surface area contributed by atoms with Gasteiger partial charge in [0.15, 0.2) is 5.69 Å². The first-order valence-corrected chi connectivity index (χ1v) is 10.0. The third kappa shape index (κ3) is 4.25. The molecule has 0 spiro atoms. The summed E-state index contributed by atoms with van der Waals surface area (Å²) in [6.45, 7) is 0. The van der Waals surface area contributed by atoms with Gasteiger partial charge in [0.2, 0.25) is 11.8 Å². The predicted octanol–water partition coefficient (Wildman–Crippen LogP) is 5.25. The molecule has 0 radical (unpaired) electrons. The van der Waals surface area contributed by atoms with Gasteiger partial charge < -0.3 is 20.2 Å². The maximum atomic E-state index is 11.4. The van der Waals surface area contributed by atoms with Gasteiger partial charge in [0.1, 0.15) is 11.6 Å². The van der Waals surface area contributed by atoms with E-state index in [1.54, 1.807) is 36.5 Å². The second-order valence-electron chi connectivity index (χ2n) is 7.38. The topological polar surface area (TPSA) is 103 Å². The number of rotatable bonds is 7. The van der Waals surface area contributed by atoms with Crippen LogP contribution in [-0.4, -0.2) is 15.9 Å². The highest BCUT2D eigenvalue weighted by Gasteiger charge is 2.31. The predicted molar refractivity (Wildman–Crippen MR) is 116 cm³/mol. The minimum absolute atomic E-state index is 0.362. The first kappa shape index (κ1) is 18.9. The quantitative estimate of drug-likeness (QED) is 0.430. The normalized spacial score (nSPS) is 13.0. The van der Waals surface area contributed by atoms with Crippen molar-refractivity contribution in [1.82, 2.24) is 9.97 Å². The van der Waals surface area contributed by atoms with Crippen LogP contribution in [0.4, 0.5) is 11.5 Å². The van der Waals surface area contributed by atoms with Crippen molar-refractivity contribution in [3.8, 4) is 23.0 Å². The monoisotopic (exact) mass is 412 g/mol. The van der Waals surface area contributed by atoms with Crippen LogP contribution in [0.3, 0.4) is 0 Å². The molecule has 1 aliphatic carbocycles. The Balaban J connectivity index is 1.41. The molecule has 7 nitrogen and oxygen atoms in total. The van der Waals surface area contributed by atoms with E-state index < -0.39 is 5.91 Å². The molecule has 0 bridgehead atoms. The van der Waals surface area contributed by atoms with Gasteiger partial charge in [-0.25, -0.2) is 9.97 Å². The van der Waals surface area contributed by atoms with Gasteiger partial charge >= 0.3 is 5.95 Å². The van der Waals surface area contributed by atoms with E-state index >= 15 is 0 Å².